The number of urea groups is 1. The summed E-state index contributed by atoms with van der Waals surface area (Å²) in [6.07, 6.45) is 3.72. The van der Waals surface area contributed by atoms with Crippen molar-refractivity contribution >= 4 is 23.4 Å². The maximum Gasteiger partial charge on any atom is 0.319 e. The van der Waals surface area contributed by atoms with Gasteiger partial charge in [-0.15, -0.1) is 0 Å². The molecular weight excluding hydrogens is 470 g/mol. The Morgan fingerprint density at radius 3 is 2.32 bits per heavy atom. The van der Waals surface area contributed by atoms with Gasteiger partial charge in [0.2, 0.25) is 5.91 Å². The molecule has 2 N–H and O–H groups in total. The zero-order valence-corrected chi connectivity index (χ0v) is 21.4. The van der Waals surface area contributed by atoms with Gasteiger partial charge in [0.25, 0.3) is 0 Å². The molecule has 3 heterocycles. The van der Waals surface area contributed by atoms with Crippen LogP contribution in [0.4, 0.5) is 16.3 Å². The number of amides is 3. The number of nitrogens with one attached hydrogen (secondary N) is 2. The highest BCUT2D eigenvalue weighted by Crippen LogP contribution is 2.50. The number of morpholine rings is 1. The summed E-state index contributed by atoms with van der Waals surface area (Å²) < 4.78 is 5.56. The van der Waals surface area contributed by atoms with E-state index >= 15 is 0 Å². The number of nitrogens with zero attached hydrogens (tertiary/aromatic N) is 5. The lowest BCUT2D eigenvalue weighted by molar-refractivity contribution is -0.135. The van der Waals surface area contributed by atoms with Gasteiger partial charge in [-0.25, -0.2) is 14.8 Å². The monoisotopic (exact) mass is 505 g/mol. The summed E-state index contributed by atoms with van der Waals surface area (Å²) in [5.41, 5.74) is 1.83. The van der Waals surface area contributed by atoms with Crippen LogP contribution in [0.25, 0.3) is 11.4 Å². The zero-order valence-electron chi connectivity index (χ0n) is 21.4. The van der Waals surface area contributed by atoms with E-state index in [0.717, 1.165) is 87.7 Å². The van der Waals surface area contributed by atoms with Crippen LogP contribution in [0.1, 0.15) is 31.4 Å². The van der Waals surface area contributed by atoms with Crippen molar-refractivity contribution in [2.45, 2.75) is 37.1 Å². The molecule has 2 saturated heterocycles. The molecule has 0 spiro atoms. The Labute approximate surface area is 217 Å². The highest BCUT2D eigenvalue weighted by atomic mass is 16.5. The lowest BCUT2D eigenvalue weighted by Gasteiger charge is -2.35. The van der Waals surface area contributed by atoms with Crippen LogP contribution in [0.3, 0.4) is 0 Å². The number of rotatable bonds is 6. The number of aromatic nitrogens is 2. The molecule has 4 aliphatic rings. The SMILES string of the molecule is CN1CCN(C(=O)C2(c3cc(N4CCOCC4)nc(-c4ccc(NC(=O)NC5CC5)cc4)n3)CC2)CC1. The molecule has 196 valence electrons. The number of benzene rings is 1. The summed E-state index contributed by atoms with van der Waals surface area (Å²) in [6.45, 7) is 6.14. The molecule has 0 bridgehead atoms. The summed E-state index contributed by atoms with van der Waals surface area (Å²) in [5.74, 6) is 1.64. The Morgan fingerprint density at radius 1 is 0.973 bits per heavy atom. The Morgan fingerprint density at radius 2 is 1.68 bits per heavy atom. The topological polar surface area (TPSA) is 103 Å². The van der Waals surface area contributed by atoms with Gasteiger partial charge in [-0.05, 0) is 57.0 Å². The second kappa shape index (κ2) is 9.90. The fourth-order valence-electron chi connectivity index (χ4n) is 5.06. The molecular formula is C27H35N7O3. The predicted molar refractivity (Wildman–Crippen MR) is 141 cm³/mol. The summed E-state index contributed by atoms with van der Waals surface area (Å²) in [4.78, 5) is 42.2. The molecule has 2 aliphatic carbocycles. The minimum absolute atomic E-state index is 0.179. The number of hydrogen-bond donors (Lipinski definition) is 2. The highest BCUT2D eigenvalue weighted by molar-refractivity contribution is 5.91. The van der Waals surface area contributed by atoms with Crippen LogP contribution in [0.15, 0.2) is 30.3 Å². The van der Waals surface area contributed by atoms with E-state index in [1.165, 1.54) is 0 Å². The van der Waals surface area contributed by atoms with E-state index in [-0.39, 0.29) is 11.9 Å². The van der Waals surface area contributed by atoms with E-state index in [1.807, 2.05) is 35.2 Å². The van der Waals surface area contributed by atoms with Gasteiger partial charge in [0.15, 0.2) is 5.82 Å². The first kappa shape index (κ1) is 24.1. The molecule has 2 aromatic rings. The summed E-state index contributed by atoms with van der Waals surface area (Å²) in [6, 6.07) is 9.74. The molecule has 3 amide bonds. The average molecular weight is 506 g/mol. The van der Waals surface area contributed by atoms with Crippen molar-refractivity contribution in [3.63, 3.8) is 0 Å². The van der Waals surface area contributed by atoms with Gasteiger partial charge in [0, 0.05) is 62.6 Å². The van der Waals surface area contributed by atoms with Crippen molar-refractivity contribution in [1.82, 2.24) is 25.1 Å². The van der Waals surface area contributed by atoms with Crippen molar-refractivity contribution in [3.8, 4) is 11.4 Å². The molecule has 1 aromatic carbocycles. The van der Waals surface area contributed by atoms with Crippen molar-refractivity contribution in [2.75, 3.05) is 69.7 Å². The van der Waals surface area contributed by atoms with E-state index in [0.29, 0.717) is 25.1 Å². The molecule has 2 aliphatic heterocycles. The van der Waals surface area contributed by atoms with Crippen LogP contribution in [0.5, 0.6) is 0 Å². The standard InChI is InChI=1S/C27H35N7O3/c1-32-10-12-34(13-11-32)25(35)27(8-9-27)22-18-23(33-14-16-37-17-15-33)31-24(30-22)19-2-4-20(5-3-19)28-26(36)29-21-6-7-21/h2-5,18,21H,6-17H2,1H3,(H2,28,29,36). The predicted octanol–water partition coefficient (Wildman–Crippen LogP) is 2.07. The Kier molecular flexibility index (Phi) is 6.46. The van der Waals surface area contributed by atoms with E-state index < -0.39 is 5.41 Å². The quantitative estimate of drug-likeness (QED) is 0.620. The number of carbonyl (C=O) groups is 2. The first-order valence-electron chi connectivity index (χ1n) is 13.4. The molecule has 0 radical (unpaired) electrons. The second-order valence-corrected chi connectivity index (χ2v) is 10.7. The number of piperazine rings is 1. The van der Waals surface area contributed by atoms with E-state index in [1.54, 1.807) is 0 Å². The maximum atomic E-state index is 13.7. The molecule has 10 heteroatoms. The third-order valence-electron chi connectivity index (χ3n) is 7.80. The van der Waals surface area contributed by atoms with Crippen LogP contribution in [0, 0.1) is 0 Å². The summed E-state index contributed by atoms with van der Waals surface area (Å²) in [7, 11) is 2.10. The van der Waals surface area contributed by atoms with Crippen LogP contribution in [-0.2, 0) is 14.9 Å². The van der Waals surface area contributed by atoms with E-state index in [2.05, 4.69) is 27.5 Å². The highest BCUT2D eigenvalue weighted by Gasteiger charge is 2.55. The lowest BCUT2D eigenvalue weighted by Crippen LogP contribution is -2.50. The third kappa shape index (κ3) is 5.26. The van der Waals surface area contributed by atoms with Crippen LogP contribution in [-0.4, -0.2) is 97.3 Å². The van der Waals surface area contributed by atoms with Gasteiger partial charge in [0.1, 0.15) is 5.82 Å². The van der Waals surface area contributed by atoms with Crippen molar-refractivity contribution in [2.24, 2.45) is 0 Å². The lowest BCUT2D eigenvalue weighted by atomic mass is 9.98. The molecule has 6 rings (SSSR count). The Bertz CT molecular complexity index is 1150. The zero-order chi connectivity index (χ0) is 25.4. The van der Waals surface area contributed by atoms with Crippen molar-refractivity contribution < 1.29 is 14.3 Å². The van der Waals surface area contributed by atoms with Gasteiger partial charge < -0.3 is 30.1 Å². The summed E-state index contributed by atoms with van der Waals surface area (Å²) in [5, 5.41) is 5.82. The van der Waals surface area contributed by atoms with E-state index in [4.69, 9.17) is 14.7 Å². The second-order valence-electron chi connectivity index (χ2n) is 10.7. The molecule has 1 aromatic heterocycles. The van der Waals surface area contributed by atoms with Gasteiger partial charge in [0.05, 0.1) is 24.3 Å². The van der Waals surface area contributed by atoms with Crippen molar-refractivity contribution in [1.29, 1.82) is 0 Å². The average Bonchev–Trinajstić information content (AvgIpc) is 3.86. The molecule has 37 heavy (non-hydrogen) atoms. The van der Waals surface area contributed by atoms with Gasteiger partial charge in [-0.1, -0.05) is 0 Å². The minimum Gasteiger partial charge on any atom is -0.378 e. The van der Waals surface area contributed by atoms with Crippen LogP contribution in [0.2, 0.25) is 0 Å². The number of ether oxygens (including phenoxy) is 1. The number of anilines is 2. The molecule has 0 atom stereocenters. The van der Waals surface area contributed by atoms with E-state index in [9.17, 15) is 9.59 Å². The summed E-state index contributed by atoms with van der Waals surface area (Å²) >= 11 is 0. The molecule has 2 saturated carbocycles. The fraction of sp³-hybridized carbons (Fsp3) is 0.556. The Balaban J connectivity index is 1.28. The van der Waals surface area contributed by atoms with Crippen molar-refractivity contribution in [3.05, 3.63) is 36.0 Å². The maximum absolute atomic E-state index is 13.7. The van der Waals surface area contributed by atoms with Crippen LogP contribution >= 0.6 is 0 Å². The number of hydrogen-bond acceptors (Lipinski definition) is 7. The van der Waals surface area contributed by atoms with Gasteiger partial charge in [-0.2, -0.15) is 0 Å². The Hall–Kier alpha value is -3.24. The number of likely N-dealkylation sites (N-methyl/N-ethyl adjacent to an activating group) is 1. The molecule has 0 unspecified atom stereocenters. The van der Waals surface area contributed by atoms with Gasteiger partial charge in [-0.3, -0.25) is 4.79 Å². The molecule has 10 nitrogen and oxygen atoms in total. The van der Waals surface area contributed by atoms with Crippen LogP contribution < -0.4 is 15.5 Å². The fourth-order valence-corrected chi connectivity index (χ4v) is 5.06. The first-order chi connectivity index (χ1) is 18.0. The largest absolute Gasteiger partial charge is 0.378 e. The molecule has 4 fully saturated rings. The van der Waals surface area contributed by atoms with Gasteiger partial charge >= 0.3 is 6.03 Å². The number of carbonyl (C=O) groups excluding carboxylic acids is 2. The first-order valence-corrected chi connectivity index (χ1v) is 13.4. The normalized spacial score (nSPS) is 21.4. The minimum atomic E-state index is -0.558. The third-order valence-corrected chi connectivity index (χ3v) is 7.80. The smallest absolute Gasteiger partial charge is 0.319 e.